The van der Waals surface area contributed by atoms with Crippen LogP contribution in [0.3, 0.4) is 0 Å². The minimum Gasteiger partial charge on any atom is -0.454 e. The molecular weight excluding hydrogens is 510 g/mol. The summed E-state index contributed by atoms with van der Waals surface area (Å²) in [5, 5.41) is 2.36. The summed E-state index contributed by atoms with van der Waals surface area (Å²) in [7, 11) is 0. The van der Waals surface area contributed by atoms with Crippen molar-refractivity contribution in [2.45, 2.75) is 82.0 Å². The highest BCUT2D eigenvalue weighted by atomic mass is 16.3. The van der Waals surface area contributed by atoms with Gasteiger partial charge in [-0.3, -0.25) is 0 Å². The van der Waals surface area contributed by atoms with Gasteiger partial charge < -0.3 is 9.32 Å². The Hall–Kier alpha value is -3.52. The maximum atomic E-state index is 6.57. The highest BCUT2D eigenvalue weighted by Gasteiger charge is 2.51. The fourth-order valence-electron chi connectivity index (χ4n) is 10.1. The quantitative estimate of drug-likeness (QED) is 0.216. The molecule has 212 valence electrons. The largest absolute Gasteiger partial charge is 0.454 e. The smallest absolute Gasteiger partial charge is 0.159 e. The number of nitrogens with zero attached hydrogens (tertiary/aromatic N) is 1. The first-order chi connectivity index (χ1) is 20.7. The SMILES string of the molecule is c1ccc2c(c1)oc1c(N(c3ccc(C4CCCCC4)cc3)c3ccc(C45CC6CC(CC(C6)C4)C5)cc3)cccc12. The molecule has 0 unspecified atom stereocenters. The Balaban J connectivity index is 1.14. The zero-order chi connectivity index (χ0) is 27.7. The average Bonchev–Trinajstić information content (AvgIpc) is 3.41. The molecule has 0 spiro atoms. The maximum Gasteiger partial charge on any atom is 0.159 e. The van der Waals surface area contributed by atoms with Crippen molar-refractivity contribution in [3.8, 4) is 0 Å². The molecule has 0 amide bonds. The van der Waals surface area contributed by atoms with Crippen molar-refractivity contribution in [3.05, 3.63) is 102 Å². The highest BCUT2D eigenvalue weighted by Crippen LogP contribution is 2.61. The molecule has 5 aliphatic rings. The summed E-state index contributed by atoms with van der Waals surface area (Å²) in [6.07, 6.45) is 15.5. The predicted octanol–water partition coefficient (Wildman–Crippen LogP) is 11.6. The van der Waals surface area contributed by atoms with Crippen LogP contribution in [-0.2, 0) is 5.41 Å². The molecule has 0 atom stereocenters. The van der Waals surface area contributed by atoms with Gasteiger partial charge in [-0.1, -0.05) is 73.9 Å². The predicted molar refractivity (Wildman–Crippen MR) is 174 cm³/mol. The van der Waals surface area contributed by atoms with E-state index in [-0.39, 0.29) is 0 Å². The van der Waals surface area contributed by atoms with Gasteiger partial charge in [-0.05, 0) is 128 Å². The van der Waals surface area contributed by atoms with Gasteiger partial charge in [0.15, 0.2) is 5.58 Å². The van der Waals surface area contributed by atoms with Crippen LogP contribution >= 0.6 is 0 Å². The van der Waals surface area contributed by atoms with E-state index in [0.29, 0.717) is 11.3 Å². The Morgan fingerprint density at radius 2 is 1.21 bits per heavy atom. The van der Waals surface area contributed by atoms with Gasteiger partial charge in [-0.25, -0.2) is 0 Å². The lowest BCUT2D eigenvalue weighted by Crippen LogP contribution is -2.48. The topological polar surface area (TPSA) is 16.4 Å². The fraction of sp³-hybridized carbons (Fsp3) is 0.400. The molecule has 0 N–H and O–H groups in total. The number of para-hydroxylation sites is 2. The maximum absolute atomic E-state index is 6.57. The molecule has 0 radical (unpaired) electrons. The monoisotopic (exact) mass is 551 g/mol. The van der Waals surface area contributed by atoms with Crippen LogP contribution < -0.4 is 4.90 Å². The number of benzene rings is 4. The van der Waals surface area contributed by atoms with Crippen molar-refractivity contribution >= 4 is 39.0 Å². The molecule has 1 heterocycles. The van der Waals surface area contributed by atoms with Crippen LogP contribution in [0.1, 0.15) is 87.7 Å². The Bertz CT molecular complexity index is 1700. The molecular formula is C40H41NO. The van der Waals surface area contributed by atoms with Crippen molar-refractivity contribution in [2.24, 2.45) is 17.8 Å². The van der Waals surface area contributed by atoms with Crippen LogP contribution in [0.15, 0.2) is 95.4 Å². The third-order valence-corrected chi connectivity index (χ3v) is 11.6. The number of fused-ring (bicyclic) bond motifs is 3. The van der Waals surface area contributed by atoms with Gasteiger partial charge in [0.05, 0.1) is 5.69 Å². The zero-order valence-electron chi connectivity index (χ0n) is 24.6. The van der Waals surface area contributed by atoms with Crippen molar-refractivity contribution in [3.63, 3.8) is 0 Å². The molecule has 2 heteroatoms. The third-order valence-electron chi connectivity index (χ3n) is 11.6. The molecule has 5 fully saturated rings. The van der Waals surface area contributed by atoms with E-state index in [4.69, 9.17) is 4.42 Å². The standard InChI is InChI=1S/C40H41NO/c1-2-7-30(8-3-1)31-13-17-33(18-14-31)41(37-11-6-10-36-35-9-4-5-12-38(35)42-39(36)37)34-19-15-32(16-20-34)40-24-27-21-28(25-40)23-29(22-27)26-40/h4-6,9-20,27-30H,1-3,7-8,21-26H2. The summed E-state index contributed by atoms with van der Waals surface area (Å²) in [6.45, 7) is 0. The average molecular weight is 552 g/mol. The Labute approximate surface area is 249 Å². The molecule has 42 heavy (non-hydrogen) atoms. The normalized spacial score (nSPS) is 27.2. The summed E-state index contributed by atoms with van der Waals surface area (Å²) in [5.41, 5.74) is 8.92. The molecule has 0 saturated heterocycles. The van der Waals surface area contributed by atoms with Gasteiger partial charge in [0, 0.05) is 22.1 Å². The number of furan rings is 1. The summed E-state index contributed by atoms with van der Waals surface area (Å²) in [4.78, 5) is 2.43. The van der Waals surface area contributed by atoms with E-state index in [0.717, 1.165) is 34.6 Å². The van der Waals surface area contributed by atoms with Gasteiger partial charge in [0.1, 0.15) is 5.58 Å². The van der Waals surface area contributed by atoms with E-state index in [9.17, 15) is 0 Å². The molecule has 2 nitrogen and oxygen atoms in total. The van der Waals surface area contributed by atoms with Crippen molar-refractivity contribution in [1.82, 2.24) is 0 Å². The van der Waals surface area contributed by atoms with Gasteiger partial charge >= 0.3 is 0 Å². The lowest BCUT2D eigenvalue weighted by molar-refractivity contribution is -0.00518. The highest BCUT2D eigenvalue weighted by molar-refractivity contribution is 6.10. The van der Waals surface area contributed by atoms with E-state index in [2.05, 4.69) is 95.9 Å². The minimum absolute atomic E-state index is 0.415. The molecule has 4 bridgehead atoms. The van der Waals surface area contributed by atoms with Crippen molar-refractivity contribution < 1.29 is 4.42 Å². The third kappa shape index (κ3) is 4.05. The summed E-state index contributed by atoms with van der Waals surface area (Å²) < 4.78 is 6.57. The Kier molecular flexibility index (Phi) is 5.82. The van der Waals surface area contributed by atoms with Crippen molar-refractivity contribution in [1.29, 1.82) is 0 Å². The van der Waals surface area contributed by atoms with E-state index >= 15 is 0 Å². The van der Waals surface area contributed by atoms with Crippen LogP contribution in [0.5, 0.6) is 0 Å². The minimum atomic E-state index is 0.415. The van der Waals surface area contributed by atoms with Crippen LogP contribution in [0.2, 0.25) is 0 Å². The molecule has 0 aliphatic heterocycles. The summed E-state index contributed by atoms with van der Waals surface area (Å²) in [5.74, 6) is 3.59. The van der Waals surface area contributed by atoms with E-state index in [1.165, 1.54) is 98.3 Å². The second kappa shape index (κ2) is 9.76. The lowest BCUT2D eigenvalue weighted by atomic mass is 9.48. The first-order valence-corrected chi connectivity index (χ1v) is 16.6. The van der Waals surface area contributed by atoms with Crippen LogP contribution in [-0.4, -0.2) is 0 Å². The Morgan fingerprint density at radius 3 is 1.90 bits per heavy atom. The second-order valence-electron chi connectivity index (χ2n) is 14.3. The Morgan fingerprint density at radius 1 is 0.595 bits per heavy atom. The number of rotatable bonds is 5. The van der Waals surface area contributed by atoms with Gasteiger partial charge in [0.25, 0.3) is 0 Å². The molecule has 5 aromatic rings. The summed E-state index contributed by atoms with van der Waals surface area (Å²) in [6, 6.07) is 34.3. The van der Waals surface area contributed by atoms with Crippen LogP contribution in [0.25, 0.3) is 21.9 Å². The number of anilines is 3. The number of hydrogen-bond donors (Lipinski definition) is 0. The first-order valence-electron chi connectivity index (χ1n) is 16.6. The molecule has 1 aromatic heterocycles. The zero-order valence-corrected chi connectivity index (χ0v) is 24.6. The fourth-order valence-corrected chi connectivity index (χ4v) is 10.1. The first kappa shape index (κ1) is 25.0. The van der Waals surface area contributed by atoms with E-state index in [1.54, 1.807) is 5.56 Å². The van der Waals surface area contributed by atoms with Crippen LogP contribution in [0, 0.1) is 17.8 Å². The molecule has 5 aliphatic carbocycles. The molecule has 10 rings (SSSR count). The molecule has 4 aromatic carbocycles. The second-order valence-corrected chi connectivity index (χ2v) is 14.3. The summed E-state index contributed by atoms with van der Waals surface area (Å²) >= 11 is 0. The van der Waals surface area contributed by atoms with Gasteiger partial charge in [0.2, 0.25) is 0 Å². The van der Waals surface area contributed by atoms with Gasteiger partial charge in [-0.15, -0.1) is 0 Å². The van der Waals surface area contributed by atoms with E-state index in [1.807, 2.05) is 0 Å². The lowest BCUT2D eigenvalue weighted by Gasteiger charge is -2.57. The van der Waals surface area contributed by atoms with Crippen LogP contribution in [0.4, 0.5) is 17.1 Å². The van der Waals surface area contributed by atoms with Gasteiger partial charge in [-0.2, -0.15) is 0 Å². The molecule has 5 saturated carbocycles. The van der Waals surface area contributed by atoms with E-state index < -0.39 is 0 Å². The van der Waals surface area contributed by atoms with Crippen molar-refractivity contribution in [2.75, 3.05) is 4.90 Å². The number of hydrogen-bond acceptors (Lipinski definition) is 2.